The summed E-state index contributed by atoms with van der Waals surface area (Å²) < 4.78 is 25.1. The van der Waals surface area contributed by atoms with Crippen molar-refractivity contribution in [2.24, 2.45) is 19.5 Å². The highest BCUT2D eigenvalue weighted by molar-refractivity contribution is 5.92. The Bertz CT molecular complexity index is 1100. The molecule has 0 aromatic carbocycles. The van der Waals surface area contributed by atoms with E-state index in [2.05, 4.69) is 31.3 Å². The normalized spacial score (nSPS) is 12.3. The van der Waals surface area contributed by atoms with Gasteiger partial charge in [0.15, 0.2) is 5.78 Å². The summed E-state index contributed by atoms with van der Waals surface area (Å²) in [5.41, 5.74) is 0.888. The van der Waals surface area contributed by atoms with Crippen LogP contribution >= 0.6 is 0 Å². The van der Waals surface area contributed by atoms with Crippen LogP contribution in [0.25, 0.3) is 0 Å². The Kier molecular flexibility index (Phi) is 16.6. The molecule has 0 bridgehead atoms. The van der Waals surface area contributed by atoms with Gasteiger partial charge >= 0.3 is 0 Å². The topological polar surface area (TPSA) is 174 Å². The molecule has 43 heavy (non-hydrogen) atoms. The Morgan fingerprint density at radius 3 is 1.77 bits per heavy atom. The van der Waals surface area contributed by atoms with Crippen molar-refractivity contribution in [3.05, 3.63) is 23.8 Å². The highest BCUT2D eigenvalue weighted by Crippen LogP contribution is 2.19. The van der Waals surface area contributed by atoms with Crippen LogP contribution in [0.5, 0.6) is 0 Å². The van der Waals surface area contributed by atoms with E-state index in [9.17, 15) is 14.4 Å². The first-order chi connectivity index (χ1) is 20.5. The van der Waals surface area contributed by atoms with Gasteiger partial charge in [-0.1, -0.05) is 31.2 Å². The van der Waals surface area contributed by atoms with Crippen LogP contribution in [0.4, 0.5) is 0 Å². The lowest BCUT2D eigenvalue weighted by atomic mass is 9.84. The zero-order valence-corrected chi connectivity index (χ0v) is 26.2. The van der Waals surface area contributed by atoms with Gasteiger partial charge < -0.3 is 29.6 Å². The summed E-state index contributed by atoms with van der Waals surface area (Å²) >= 11 is 0. The predicted molar refractivity (Wildman–Crippen MR) is 155 cm³/mol. The highest BCUT2D eigenvalue weighted by Gasteiger charge is 2.30. The van der Waals surface area contributed by atoms with Gasteiger partial charge in [-0.3, -0.25) is 23.7 Å². The molecule has 2 N–H and O–H groups in total. The molecular formula is C28H48N8O7. The average Bonchev–Trinajstić information content (AvgIpc) is 3.57. The fraction of sp³-hybridized carbons (Fsp3) is 0.750. The van der Waals surface area contributed by atoms with Crippen molar-refractivity contribution < 1.29 is 33.3 Å². The van der Waals surface area contributed by atoms with E-state index in [0.717, 1.165) is 11.4 Å². The largest absolute Gasteiger partial charge is 0.379 e. The molecule has 2 rings (SSSR count). The standard InChI is InChI=1S/C28H48N8O7/c1-28(2,3)27(39)24(30-26(38)10-13-41-15-17-43-21-23-19-36(5)34-32-23)8-6-7-11-29-25(37)9-12-40-14-16-42-20-22-18-35(4)33-31-22/h18-19,24H,6-17,20-21H2,1-5H3,(H,29,37)(H,30,38). The van der Waals surface area contributed by atoms with E-state index in [1.807, 2.05) is 20.8 Å². The number of carbonyl (C=O) groups excluding carboxylic acids is 3. The van der Waals surface area contributed by atoms with Crippen molar-refractivity contribution in [3.8, 4) is 0 Å². The fourth-order valence-corrected chi connectivity index (χ4v) is 3.89. The molecule has 2 amide bonds. The first-order valence-electron chi connectivity index (χ1n) is 14.7. The minimum absolute atomic E-state index is 0.0268. The summed E-state index contributed by atoms with van der Waals surface area (Å²) in [6, 6.07) is -0.594. The number of aromatic nitrogens is 6. The number of hydrogen-bond donors (Lipinski definition) is 2. The van der Waals surface area contributed by atoms with Crippen LogP contribution in [0.15, 0.2) is 12.4 Å². The minimum atomic E-state index is -0.594. The van der Waals surface area contributed by atoms with Crippen molar-refractivity contribution in [3.63, 3.8) is 0 Å². The number of Topliss-reactive ketones (excluding diaryl/α,β-unsaturated/α-hetero) is 1. The molecule has 0 radical (unpaired) electrons. The summed E-state index contributed by atoms with van der Waals surface area (Å²) in [4.78, 5) is 37.5. The third-order valence-electron chi connectivity index (χ3n) is 6.12. The van der Waals surface area contributed by atoms with Gasteiger partial charge in [-0.05, 0) is 19.3 Å². The van der Waals surface area contributed by atoms with Gasteiger partial charge in [-0.15, -0.1) is 10.2 Å². The van der Waals surface area contributed by atoms with Gasteiger partial charge in [0.05, 0.1) is 71.3 Å². The van der Waals surface area contributed by atoms with Crippen LogP contribution in [0, 0.1) is 5.41 Å². The fourth-order valence-electron chi connectivity index (χ4n) is 3.89. The lowest BCUT2D eigenvalue weighted by Gasteiger charge is -2.25. The van der Waals surface area contributed by atoms with Crippen LogP contribution in [-0.2, 0) is 60.6 Å². The second-order valence-corrected chi connectivity index (χ2v) is 11.2. The number of unbranched alkanes of at least 4 members (excludes halogenated alkanes) is 1. The van der Waals surface area contributed by atoms with Crippen LogP contribution in [0.3, 0.4) is 0 Å². The van der Waals surface area contributed by atoms with Gasteiger partial charge in [0.2, 0.25) is 11.8 Å². The number of aryl methyl sites for hydroxylation is 2. The maximum absolute atomic E-state index is 13.0. The molecule has 0 fully saturated rings. The molecule has 0 aliphatic rings. The average molecular weight is 609 g/mol. The molecule has 0 aliphatic heterocycles. The zero-order valence-electron chi connectivity index (χ0n) is 26.2. The Morgan fingerprint density at radius 1 is 0.767 bits per heavy atom. The van der Waals surface area contributed by atoms with E-state index in [0.29, 0.717) is 72.1 Å². The van der Waals surface area contributed by atoms with Crippen molar-refractivity contribution >= 4 is 17.6 Å². The van der Waals surface area contributed by atoms with Crippen LogP contribution in [-0.4, -0.2) is 99.8 Å². The summed E-state index contributed by atoms with van der Waals surface area (Å²) in [5, 5.41) is 21.3. The number of nitrogens with one attached hydrogen (secondary N) is 2. The van der Waals surface area contributed by atoms with Gasteiger partial charge in [0.1, 0.15) is 11.4 Å². The molecule has 15 nitrogen and oxygen atoms in total. The number of rotatable bonds is 23. The Labute approximate surface area is 253 Å². The van der Waals surface area contributed by atoms with Crippen molar-refractivity contribution in [2.75, 3.05) is 46.2 Å². The second-order valence-electron chi connectivity index (χ2n) is 11.2. The van der Waals surface area contributed by atoms with Crippen LogP contribution in [0.1, 0.15) is 64.3 Å². The third kappa shape index (κ3) is 16.2. The monoisotopic (exact) mass is 608 g/mol. The molecule has 0 saturated heterocycles. The maximum Gasteiger partial charge on any atom is 0.222 e. The Hall–Kier alpha value is -3.27. The minimum Gasteiger partial charge on any atom is -0.379 e. The molecule has 0 spiro atoms. The van der Waals surface area contributed by atoms with E-state index in [1.54, 1.807) is 35.9 Å². The van der Waals surface area contributed by atoms with Crippen LogP contribution in [0.2, 0.25) is 0 Å². The lowest BCUT2D eigenvalue weighted by Crippen LogP contribution is -2.45. The predicted octanol–water partition coefficient (Wildman–Crippen LogP) is 0.877. The first-order valence-corrected chi connectivity index (χ1v) is 14.7. The van der Waals surface area contributed by atoms with E-state index in [1.165, 1.54) is 0 Å². The van der Waals surface area contributed by atoms with E-state index in [-0.39, 0.29) is 37.0 Å². The van der Waals surface area contributed by atoms with Crippen molar-refractivity contribution in [1.82, 2.24) is 40.6 Å². The third-order valence-corrected chi connectivity index (χ3v) is 6.12. The van der Waals surface area contributed by atoms with E-state index >= 15 is 0 Å². The number of carbonyl (C=O) groups is 3. The van der Waals surface area contributed by atoms with Gasteiger partial charge in [0, 0.05) is 38.9 Å². The lowest BCUT2D eigenvalue weighted by molar-refractivity contribution is -0.133. The molecule has 15 heteroatoms. The molecule has 0 aliphatic carbocycles. The van der Waals surface area contributed by atoms with Gasteiger partial charge in [-0.25, -0.2) is 0 Å². The molecule has 2 aromatic rings. The van der Waals surface area contributed by atoms with E-state index in [4.69, 9.17) is 18.9 Å². The Balaban J connectivity index is 1.52. The molecule has 0 saturated carbocycles. The Morgan fingerprint density at radius 2 is 1.28 bits per heavy atom. The summed E-state index contributed by atoms with van der Waals surface area (Å²) in [7, 11) is 3.58. The van der Waals surface area contributed by atoms with Crippen molar-refractivity contribution in [2.45, 2.75) is 72.1 Å². The number of amides is 2. The number of nitrogens with zero attached hydrogens (tertiary/aromatic N) is 6. The quantitative estimate of drug-likeness (QED) is 0.171. The summed E-state index contributed by atoms with van der Waals surface area (Å²) in [5.74, 6) is -0.369. The molecular weight excluding hydrogens is 560 g/mol. The molecule has 1 unspecified atom stereocenters. The molecule has 1 atom stereocenters. The molecule has 242 valence electrons. The van der Waals surface area contributed by atoms with E-state index < -0.39 is 11.5 Å². The first kappa shape index (κ1) is 35.9. The number of ether oxygens (including phenoxy) is 4. The molecule has 2 heterocycles. The summed E-state index contributed by atoms with van der Waals surface area (Å²) in [6.07, 6.45) is 5.80. The maximum atomic E-state index is 13.0. The van der Waals surface area contributed by atoms with Crippen molar-refractivity contribution in [1.29, 1.82) is 0 Å². The zero-order chi connectivity index (χ0) is 31.5. The highest BCUT2D eigenvalue weighted by atomic mass is 16.5. The van der Waals surface area contributed by atoms with Crippen LogP contribution < -0.4 is 10.6 Å². The molecule has 2 aromatic heterocycles. The van der Waals surface area contributed by atoms with Gasteiger partial charge in [-0.2, -0.15) is 0 Å². The summed E-state index contributed by atoms with van der Waals surface area (Å²) in [6.45, 7) is 8.72. The second kappa shape index (κ2) is 19.8. The smallest absolute Gasteiger partial charge is 0.222 e. The number of ketones is 1. The SMILES string of the molecule is Cn1cc(COCCOCCC(=O)NCCCCC(NC(=O)CCOCCOCc2cn(C)nn2)C(=O)C(C)(C)C)nn1. The number of hydrogen-bond acceptors (Lipinski definition) is 11. The van der Waals surface area contributed by atoms with Gasteiger partial charge in [0.25, 0.3) is 0 Å².